The first-order chi connectivity index (χ1) is 10.7. The number of unbranched alkanes of at least 4 members (excludes halogenated alkanes) is 8. The number of alkyl carbamates (subject to hydrolysis) is 1. The summed E-state index contributed by atoms with van der Waals surface area (Å²) in [7, 11) is 0. The lowest BCUT2D eigenvalue weighted by Gasteiger charge is -2.05. The Kier molecular flexibility index (Phi) is 14.8. The van der Waals surface area contributed by atoms with E-state index >= 15 is 0 Å². The van der Waals surface area contributed by atoms with Crippen molar-refractivity contribution in [2.24, 2.45) is 5.73 Å². The van der Waals surface area contributed by atoms with Crippen LogP contribution in [0.2, 0.25) is 0 Å². The molecule has 0 saturated heterocycles. The summed E-state index contributed by atoms with van der Waals surface area (Å²) in [6.45, 7) is 2.39. The van der Waals surface area contributed by atoms with Crippen LogP contribution in [0.1, 0.15) is 71.1 Å². The van der Waals surface area contributed by atoms with Gasteiger partial charge in [-0.2, -0.15) is 0 Å². The first kappa shape index (κ1) is 20.5. The summed E-state index contributed by atoms with van der Waals surface area (Å²) in [5.41, 5.74) is 4.87. The molecule has 5 heteroatoms. The van der Waals surface area contributed by atoms with Crippen LogP contribution in [0, 0.1) is 0 Å². The number of hydrogen-bond acceptors (Lipinski definition) is 3. The zero-order valence-electron chi connectivity index (χ0n) is 13.9. The molecule has 0 atom stereocenters. The second kappa shape index (κ2) is 15.9. The van der Waals surface area contributed by atoms with E-state index in [2.05, 4.69) is 29.1 Å². The molecular formula is C17H32N2O3. The Hall–Kier alpha value is -1.52. The highest BCUT2D eigenvalue weighted by Crippen LogP contribution is 2.09. The van der Waals surface area contributed by atoms with E-state index in [9.17, 15) is 9.59 Å². The van der Waals surface area contributed by atoms with Gasteiger partial charge in [-0.1, -0.05) is 57.6 Å². The third-order valence-corrected chi connectivity index (χ3v) is 3.31. The van der Waals surface area contributed by atoms with E-state index < -0.39 is 12.0 Å². The molecule has 3 N–H and O–H groups in total. The molecule has 0 unspecified atom stereocenters. The highest BCUT2D eigenvalue weighted by Gasteiger charge is 2.02. The van der Waals surface area contributed by atoms with Crippen LogP contribution in [-0.2, 0) is 9.53 Å². The Morgan fingerprint density at radius 3 is 2.14 bits per heavy atom. The monoisotopic (exact) mass is 312 g/mol. The summed E-state index contributed by atoms with van der Waals surface area (Å²) in [5.74, 6) is -0.642. The molecule has 0 fully saturated rings. The van der Waals surface area contributed by atoms with Gasteiger partial charge in [0.15, 0.2) is 6.61 Å². The Morgan fingerprint density at radius 1 is 0.955 bits per heavy atom. The fourth-order valence-electron chi connectivity index (χ4n) is 2.11. The first-order valence-corrected chi connectivity index (χ1v) is 8.50. The van der Waals surface area contributed by atoms with Crippen LogP contribution in [-0.4, -0.2) is 25.2 Å². The second-order valence-electron chi connectivity index (χ2n) is 5.47. The van der Waals surface area contributed by atoms with Crippen molar-refractivity contribution in [2.75, 3.05) is 13.2 Å². The maximum atomic E-state index is 11.1. The second-order valence-corrected chi connectivity index (χ2v) is 5.47. The maximum absolute atomic E-state index is 11.1. The molecule has 0 aromatic heterocycles. The van der Waals surface area contributed by atoms with Crippen LogP contribution in [0.3, 0.4) is 0 Å². The molecule has 0 aliphatic carbocycles. The summed E-state index contributed by atoms with van der Waals surface area (Å²) in [6, 6.07) is 0. The van der Waals surface area contributed by atoms with E-state index in [0.29, 0.717) is 6.54 Å². The van der Waals surface area contributed by atoms with Crippen molar-refractivity contribution in [3.05, 3.63) is 12.2 Å². The van der Waals surface area contributed by atoms with Crippen molar-refractivity contribution < 1.29 is 14.3 Å². The molecule has 0 aromatic carbocycles. The molecule has 22 heavy (non-hydrogen) atoms. The van der Waals surface area contributed by atoms with Gasteiger partial charge in [-0.25, -0.2) is 4.79 Å². The number of carbonyl (C=O) groups is 2. The van der Waals surface area contributed by atoms with Gasteiger partial charge in [-0.05, 0) is 25.7 Å². The minimum atomic E-state index is -0.642. The minimum absolute atomic E-state index is 0.361. The molecule has 0 rings (SSSR count). The minimum Gasteiger partial charge on any atom is -0.439 e. The van der Waals surface area contributed by atoms with E-state index in [1.807, 2.05) is 0 Å². The Labute approximate surface area is 134 Å². The van der Waals surface area contributed by atoms with E-state index in [1.165, 1.54) is 44.9 Å². The average molecular weight is 312 g/mol. The molecular weight excluding hydrogens is 280 g/mol. The van der Waals surface area contributed by atoms with Gasteiger partial charge in [0.2, 0.25) is 0 Å². The molecule has 0 heterocycles. The largest absolute Gasteiger partial charge is 0.439 e. The lowest BCUT2D eigenvalue weighted by molar-refractivity contribution is -0.120. The summed E-state index contributed by atoms with van der Waals surface area (Å²) in [4.78, 5) is 21.5. The zero-order chi connectivity index (χ0) is 16.5. The first-order valence-electron chi connectivity index (χ1n) is 8.50. The van der Waals surface area contributed by atoms with Crippen LogP contribution in [0.25, 0.3) is 0 Å². The lowest BCUT2D eigenvalue weighted by Crippen LogP contribution is -2.29. The highest BCUT2D eigenvalue weighted by molar-refractivity contribution is 5.78. The molecule has 128 valence electrons. The summed E-state index contributed by atoms with van der Waals surface area (Å²) < 4.78 is 4.58. The number of nitrogens with one attached hydrogen (secondary N) is 1. The van der Waals surface area contributed by atoms with Crippen molar-refractivity contribution in [2.45, 2.75) is 71.1 Å². The van der Waals surface area contributed by atoms with Crippen LogP contribution < -0.4 is 11.1 Å². The number of rotatable bonds is 14. The smallest absolute Gasteiger partial charge is 0.407 e. The Balaban J connectivity index is 3.15. The number of carbonyl (C=O) groups excluding carboxylic acids is 2. The summed E-state index contributed by atoms with van der Waals surface area (Å²) >= 11 is 0. The molecule has 5 nitrogen and oxygen atoms in total. The molecule has 0 bridgehead atoms. The van der Waals surface area contributed by atoms with Crippen LogP contribution in [0.5, 0.6) is 0 Å². The molecule has 0 aliphatic rings. The number of ether oxygens (including phenoxy) is 1. The number of primary amides is 1. The Bertz CT molecular complexity index is 317. The quantitative estimate of drug-likeness (QED) is 0.379. The van der Waals surface area contributed by atoms with Crippen LogP contribution in [0.4, 0.5) is 4.79 Å². The van der Waals surface area contributed by atoms with Gasteiger partial charge in [0.25, 0.3) is 5.91 Å². The van der Waals surface area contributed by atoms with E-state index in [0.717, 1.165) is 19.3 Å². The molecule has 0 radical (unpaired) electrons. The number of hydrogen-bond donors (Lipinski definition) is 2. The van der Waals surface area contributed by atoms with E-state index in [-0.39, 0.29) is 6.61 Å². The molecule has 0 aliphatic heterocycles. The van der Waals surface area contributed by atoms with Crippen molar-refractivity contribution in [1.29, 1.82) is 0 Å². The van der Waals surface area contributed by atoms with Gasteiger partial charge in [0.1, 0.15) is 0 Å². The zero-order valence-corrected chi connectivity index (χ0v) is 13.9. The van der Waals surface area contributed by atoms with Crippen molar-refractivity contribution in [3.8, 4) is 0 Å². The fraction of sp³-hybridized carbons (Fsp3) is 0.765. The normalized spacial score (nSPS) is 10.8. The third-order valence-electron chi connectivity index (χ3n) is 3.31. The number of allylic oxidation sites excluding steroid dienone is 2. The summed E-state index contributed by atoms with van der Waals surface area (Å²) in [6.07, 6.45) is 16.0. The maximum Gasteiger partial charge on any atom is 0.407 e. The Morgan fingerprint density at radius 2 is 1.55 bits per heavy atom. The van der Waals surface area contributed by atoms with Gasteiger partial charge in [0.05, 0.1) is 0 Å². The molecule has 0 spiro atoms. The standard InChI is InChI=1S/C17H32N2O3/c1-2-3-4-5-6-7-8-9-10-11-12-13-14-19-17(21)22-15-16(18)20/h3-4H,2,5-15H2,1H3,(H2,18,20)(H,19,21). The van der Waals surface area contributed by atoms with Crippen molar-refractivity contribution in [1.82, 2.24) is 5.32 Å². The van der Waals surface area contributed by atoms with Crippen LogP contribution >= 0.6 is 0 Å². The van der Waals surface area contributed by atoms with Gasteiger partial charge < -0.3 is 15.8 Å². The molecule has 0 saturated carbocycles. The predicted molar refractivity (Wildman–Crippen MR) is 89.5 cm³/mol. The van der Waals surface area contributed by atoms with Crippen molar-refractivity contribution >= 4 is 12.0 Å². The SMILES string of the molecule is CCC=CCCCCCCCCCCNC(=O)OCC(N)=O. The van der Waals surface area contributed by atoms with Gasteiger partial charge in [0, 0.05) is 6.54 Å². The van der Waals surface area contributed by atoms with E-state index in [4.69, 9.17) is 5.73 Å². The third kappa shape index (κ3) is 16.5. The van der Waals surface area contributed by atoms with Gasteiger partial charge in [-0.15, -0.1) is 0 Å². The summed E-state index contributed by atoms with van der Waals surface area (Å²) in [5, 5.41) is 2.60. The topological polar surface area (TPSA) is 81.4 Å². The van der Waals surface area contributed by atoms with Crippen LogP contribution in [0.15, 0.2) is 12.2 Å². The number of nitrogens with two attached hydrogens (primary N) is 1. The predicted octanol–water partition coefficient (Wildman–Crippen LogP) is 3.68. The average Bonchev–Trinajstić information content (AvgIpc) is 2.49. The van der Waals surface area contributed by atoms with Crippen molar-refractivity contribution in [3.63, 3.8) is 0 Å². The molecule has 2 amide bonds. The number of amides is 2. The highest BCUT2D eigenvalue weighted by atomic mass is 16.6. The lowest BCUT2D eigenvalue weighted by atomic mass is 10.1. The van der Waals surface area contributed by atoms with E-state index in [1.54, 1.807) is 0 Å². The van der Waals surface area contributed by atoms with Gasteiger partial charge >= 0.3 is 6.09 Å². The fourth-order valence-corrected chi connectivity index (χ4v) is 2.11. The molecule has 0 aromatic rings. The van der Waals surface area contributed by atoms with Gasteiger partial charge in [-0.3, -0.25) is 4.79 Å².